The summed E-state index contributed by atoms with van der Waals surface area (Å²) in [5.74, 6) is -0.228. The fourth-order valence-corrected chi connectivity index (χ4v) is 2.22. The molecule has 0 unspecified atom stereocenters. The van der Waals surface area contributed by atoms with Crippen LogP contribution >= 0.6 is 0 Å². The van der Waals surface area contributed by atoms with Crippen molar-refractivity contribution in [2.24, 2.45) is 5.73 Å². The van der Waals surface area contributed by atoms with Crippen LogP contribution in [0, 0.1) is 5.41 Å². The van der Waals surface area contributed by atoms with Crippen molar-refractivity contribution >= 4 is 11.9 Å². The normalized spacial score (nSPS) is 12.2. The average molecular weight is 402 g/mol. The van der Waals surface area contributed by atoms with E-state index in [1.807, 2.05) is 0 Å². The minimum absolute atomic E-state index is 0.0283. The van der Waals surface area contributed by atoms with Crippen molar-refractivity contribution in [1.29, 1.82) is 5.41 Å². The van der Waals surface area contributed by atoms with E-state index in [1.165, 1.54) is 4.90 Å². The number of unbranched alkanes of at least 4 members (excludes halogenated alkanes) is 1. The van der Waals surface area contributed by atoms with Crippen LogP contribution in [0.5, 0.6) is 0 Å². The highest BCUT2D eigenvalue weighted by Gasteiger charge is 2.04. The van der Waals surface area contributed by atoms with Crippen molar-refractivity contribution in [2.75, 3.05) is 20.2 Å². The maximum Gasteiger partial charge on any atom is 0.305 e. The van der Waals surface area contributed by atoms with Gasteiger partial charge in [0.05, 0.1) is 6.54 Å². The quantitative estimate of drug-likeness (QED) is 0.121. The highest BCUT2D eigenvalue weighted by Crippen LogP contribution is 2.01. The molecule has 0 aliphatic carbocycles. The van der Waals surface area contributed by atoms with E-state index in [0.29, 0.717) is 13.0 Å². The van der Waals surface area contributed by atoms with Crippen LogP contribution in [0.3, 0.4) is 0 Å². The van der Waals surface area contributed by atoms with E-state index >= 15 is 0 Å². The number of esters is 1. The van der Waals surface area contributed by atoms with E-state index < -0.39 is 0 Å². The number of hydrogen-bond acceptors (Lipinski definition) is 3. The number of allylic oxidation sites excluding steroid dienone is 10. The Morgan fingerprint density at radius 1 is 0.897 bits per heavy atom. The maximum atomic E-state index is 11.6. The van der Waals surface area contributed by atoms with E-state index in [-0.39, 0.29) is 18.5 Å². The molecule has 0 aliphatic heterocycles. The molecule has 0 radical (unpaired) electrons. The molecule has 0 saturated carbocycles. The van der Waals surface area contributed by atoms with Gasteiger partial charge >= 0.3 is 5.97 Å². The van der Waals surface area contributed by atoms with Gasteiger partial charge in [0.1, 0.15) is 6.61 Å². The van der Waals surface area contributed by atoms with Gasteiger partial charge < -0.3 is 15.4 Å². The third-order valence-corrected chi connectivity index (χ3v) is 4.01. The van der Waals surface area contributed by atoms with Crippen molar-refractivity contribution in [3.63, 3.8) is 0 Å². The van der Waals surface area contributed by atoms with Gasteiger partial charge in [-0.05, 0) is 44.9 Å². The van der Waals surface area contributed by atoms with Crippen LogP contribution in [0.4, 0.5) is 0 Å². The molecule has 29 heavy (non-hydrogen) atoms. The Labute approximate surface area is 177 Å². The van der Waals surface area contributed by atoms with Crippen molar-refractivity contribution in [1.82, 2.24) is 4.90 Å². The predicted octanol–water partition coefficient (Wildman–Crippen LogP) is 5.28. The second-order valence-corrected chi connectivity index (χ2v) is 6.63. The second kappa shape index (κ2) is 20.2. The largest absolute Gasteiger partial charge is 0.464 e. The smallest absolute Gasteiger partial charge is 0.305 e. The molecule has 0 spiro atoms. The Morgan fingerprint density at radius 2 is 1.38 bits per heavy atom. The molecule has 0 bridgehead atoms. The summed E-state index contributed by atoms with van der Waals surface area (Å²) in [5.41, 5.74) is 5.31. The van der Waals surface area contributed by atoms with E-state index in [1.54, 1.807) is 7.05 Å². The van der Waals surface area contributed by atoms with Crippen LogP contribution in [-0.2, 0) is 9.53 Å². The van der Waals surface area contributed by atoms with Gasteiger partial charge in [0, 0.05) is 13.5 Å². The van der Waals surface area contributed by atoms with Crippen LogP contribution in [0.2, 0.25) is 0 Å². The Bertz CT molecular complexity index is 575. The monoisotopic (exact) mass is 401 g/mol. The first kappa shape index (κ1) is 26.4. The number of hydrogen-bond donors (Lipinski definition) is 2. The molecule has 0 atom stereocenters. The second-order valence-electron chi connectivity index (χ2n) is 6.63. The highest BCUT2D eigenvalue weighted by molar-refractivity contribution is 5.74. The van der Waals surface area contributed by atoms with Crippen LogP contribution in [-0.4, -0.2) is 37.0 Å². The molecule has 5 nitrogen and oxygen atoms in total. The lowest BCUT2D eigenvalue weighted by Gasteiger charge is -2.15. The molecule has 0 aromatic carbocycles. The number of ether oxygens (including phenoxy) is 1. The Kier molecular flexibility index (Phi) is 18.4. The number of nitrogens with two attached hydrogens (primary N) is 1. The van der Waals surface area contributed by atoms with Gasteiger partial charge in [-0.2, -0.15) is 0 Å². The highest BCUT2D eigenvalue weighted by atomic mass is 16.5. The van der Waals surface area contributed by atoms with E-state index in [9.17, 15) is 4.79 Å². The number of guanidine groups is 1. The summed E-state index contributed by atoms with van der Waals surface area (Å²) in [6.07, 6.45) is 28.8. The molecule has 5 heteroatoms. The van der Waals surface area contributed by atoms with E-state index in [0.717, 1.165) is 44.9 Å². The summed E-state index contributed by atoms with van der Waals surface area (Å²) in [6, 6.07) is 0. The number of nitrogens with one attached hydrogen (secondary N) is 1. The van der Waals surface area contributed by atoms with Crippen molar-refractivity contribution in [3.05, 3.63) is 60.8 Å². The van der Waals surface area contributed by atoms with Gasteiger partial charge in [-0.3, -0.25) is 10.2 Å². The van der Waals surface area contributed by atoms with Crippen LogP contribution in [0.25, 0.3) is 0 Å². The molecule has 0 saturated heterocycles. The van der Waals surface area contributed by atoms with Gasteiger partial charge in [0.2, 0.25) is 0 Å². The third-order valence-electron chi connectivity index (χ3n) is 4.01. The Balaban J connectivity index is 3.57. The minimum atomic E-state index is -0.200. The Morgan fingerprint density at radius 3 is 1.86 bits per heavy atom. The molecular weight excluding hydrogens is 362 g/mol. The first-order valence-electron chi connectivity index (χ1n) is 10.5. The van der Waals surface area contributed by atoms with Gasteiger partial charge in [-0.1, -0.05) is 67.7 Å². The molecule has 0 heterocycles. The van der Waals surface area contributed by atoms with E-state index in [4.69, 9.17) is 15.9 Å². The van der Waals surface area contributed by atoms with Crippen LogP contribution in [0.15, 0.2) is 60.8 Å². The molecule has 0 aromatic rings. The summed E-state index contributed by atoms with van der Waals surface area (Å²) in [5, 5.41) is 7.22. The summed E-state index contributed by atoms with van der Waals surface area (Å²) >= 11 is 0. The first-order chi connectivity index (χ1) is 14.1. The number of carbonyl (C=O) groups is 1. The number of likely N-dealkylation sites (N-methyl/N-ethyl adjacent to an activating group) is 1. The van der Waals surface area contributed by atoms with Crippen LogP contribution < -0.4 is 5.73 Å². The predicted molar refractivity (Wildman–Crippen MR) is 124 cm³/mol. The molecular formula is C24H39N3O2. The van der Waals surface area contributed by atoms with Gasteiger partial charge in [0.25, 0.3) is 0 Å². The molecule has 0 rings (SSSR count). The van der Waals surface area contributed by atoms with Crippen molar-refractivity contribution in [3.8, 4) is 0 Å². The first-order valence-corrected chi connectivity index (χ1v) is 10.5. The van der Waals surface area contributed by atoms with Gasteiger partial charge in [0.15, 0.2) is 5.96 Å². The zero-order chi connectivity index (χ0) is 21.6. The zero-order valence-electron chi connectivity index (χ0n) is 18.2. The minimum Gasteiger partial charge on any atom is -0.464 e. The third kappa shape index (κ3) is 20.0. The molecule has 162 valence electrons. The summed E-state index contributed by atoms with van der Waals surface area (Å²) in [7, 11) is 1.69. The number of carbonyl (C=O) groups excluding carboxylic acids is 1. The molecule has 3 N–H and O–H groups in total. The van der Waals surface area contributed by atoms with Crippen molar-refractivity contribution < 1.29 is 9.53 Å². The molecule has 0 fully saturated rings. The number of rotatable bonds is 16. The average Bonchev–Trinajstić information content (AvgIpc) is 2.70. The van der Waals surface area contributed by atoms with Gasteiger partial charge in [-0.25, -0.2) is 0 Å². The lowest BCUT2D eigenvalue weighted by atomic mass is 10.2. The summed E-state index contributed by atoms with van der Waals surface area (Å²) in [4.78, 5) is 13.1. The van der Waals surface area contributed by atoms with Crippen LogP contribution in [0.1, 0.15) is 58.3 Å². The lowest BCUT2D eigenvalue weighted by Crippen LogP contribution is -2.35. The molecule has 0 amide bonds. The Hall–Kier alpha value is -2.56. The lowest BCUT2D eigenvalue weighted by molar-refractivity contribution is -0.143. The SMILES string of the molecule is CC/C=C\CC=CCC=CC/C=C\C/C=C\CCCC(=O)OCCN(C)C(=N)N. The van der Waals surface area contributed by atoms with Crippen molar-refractivity contribution in [2.45, 2.75) is 58.3 Å². The van der Waals surface area contributed by atoms with Gasteiger partial charge in [-0.15, -0.1) is 0 Å². The topological polar surface area (TPSA) is 79.4 Å². The molecule has 0 aromatic heterocycles. The maximum absolute atomic E-state index is 11.6. The van der Waals surface area contributed by atoms with E-state index in [2.05, 4.69) is 67.7 Å². The fourth-order valence-electron chi connectivity index (χ4n) is 2.22. The summed E-state index contributed by atoms with van der Waals surface area (Å²) in [6.45, 7) is 2.85. The zero-order valence-corrected chi connectivity index (χ0v) is 18.2. The number of nitrogens with zero attached hydrogens (tertiary/aromatic N) is 1. The fraction of sp³-hybridized carbons (Fsp3) is 0.500. The molecule has 0 aliphatic rings. The summed E-state index contributed by atoms with van der Waals surface area (Å²) < 4.78 is 5.11. The standard InChI is InChI=1S/C24H39N3O2/c1-3-4-5-6-7-8-9-10-11-12-13-14-15-16-17-18-19-20-23(28)29-22-21-27(2)24(25)26/h4-5,7-8,10-11,13-14,16-17H,3,6,9,12,15,18-22H2,1-2H3,(H3,25,26)/b5-4-,8-7?,11-10?,14-13-,17-16-.